The number of aryl methyl sites for hydroxylation is 1. The van der Waals surface area contributed by atoms with Gasteiger partial charge in [0.25, 0.3) is 0 Å². The van der Waals surface area contributed by atoms with Crippen LogP contribution < -0.4 is 10.2 Å². The van der Waals surface area contributed by atoms with Crippen molar-refractivity contribution in [1.29, 1.82) is 5.26 Å². The summed E-state index contributed by atoms with van der Waals surface area (Å²) in [4.78, 5) is 23.3. The molecule has 2 aromatic carbocycles. The van der Waals surface area contributed by atoms with Gasteiger partial charge in [-0.25, -0.2) is 14.8 Å². The van der Waals surface area contributed by atoms with Gasteiger partial charge < -0.3 is 20.4 Å². The number of carbonyl (C=O) groups is 1. The first kappa shape index (κ1) is 22.1. The molecule has 2 aliphatic heterocycles. The Bertz CT molecular complexity index is 1330. The number of nitrogens with zero attached hydrogens (tertiary/aromatic N) is 4. The van der Waals surface area contributed by atoms with Crippen molar-refractivity contribution in [2.75, 3.05) is 23.3 Å². The molecule has 1 saturated carbocycles. The molecule has 6 rings (SSSR count). The second-order valence-corrected chi connectivity index (χ2v) is 9.71. The van der Waals surface area contributed by atoms with E-state index >= 15 is 0 Å². The van der Waals surface area contributed by atoms with E-state index < -0.39 is 11.6 Å². The van der Waals surface area contributed by atoms with Crippen molar-refractivity contribution in [3.63, 3.8) is 0 Å². The Labute approximate surface area is 197 Å². The molecule has 3 aliphatic rings. The van der Waals surface area contributed by atoms with Gasteiger partial charge >= 0.3 is 5.97 Å². The Morgan fingerprint density at radius 1 is 1.26 bits per heavy atom. The second-order valence-electron chi connectivity index (χ2n) is 9.71. The Balaban J connectivity index is 1.56. The highest BCUT2D eigenvalue weighted by Gasteiger charge is 2.55. The monoisotopic (exact) mass is 457 g/mol. The molecule has 1 aliphatic carbocycles. The van der Waals surface area contributed by atoms with Crippen LogP contribution in [0.15, 0.2) is 36.4 Å². The van der Waals surface area contributed by atoms with Gasteiger partial charge in [-0.05, 0) is 51.0 Å². The Hall–Kier alpha value is -3.70. The quantitative estimate of drug-likeness (QED) is 0.527. The molecule has 34 heavy (non-hydrogen) atoms. The first-order valence-corrected chi connectivity index (χ1v) is 11.5. The van der Waals surface area contributed by atoms with E-state index in [0.717, 1.165) is 17.5 Å². The van der Waals surface area contributed by atoms with E-state index in [1.165, 1.54) is 0 Å². The summed E-state index contributed by atoms with van der Waals surface area (Å²) in [7, 11) is 0. The zero-order valence-electron chi connectivity index (χ0n) is 19.4. The standard InChI is InChI=1S/C26H27N5O3/c1-14-8-19(15(2)28-20-7-5-4-6-18(20)25(32)33)23-21(9-14)29-22(11-27)24(30-23)31-12-16-10-17(13-31)26(16,3)34/h4-9,15-17,28,34H,10,12-13H2,1-3H3,(H,32,33)/t15-,16?,17?,26?/m1/s1. The van der Waals surface area contributed by atoms with Crippen molar-refractivity contribution in [3.05, 3.63) is 58.8 Å². The lowest BCUT2D eigenvalue weighted by atomic mass is 9.59. The molecule has 0 radical (unpaired) electrons. The van der Waals surface area contributed by atoms with Crippen LogP contribution >= 0.6 is 0 Å². The highest BCUT2D eigenvalue weighted by atomic mass is 16.4. The Morgan fingerprint density at radius 2 is 1.97 bits per heavy atom. The predicted octanol–water partition coefficient (Wildman–Crippen LogP) is 3.89. The van der Waals surface area contributed by atoms with Gasteiger partial charge in [0.1, 0.15) is 6.07 Å². The van der Waals surface area contributed by atoms with Crippen LogP contribution in [0.5, 0.6) is 0 Å². The SMILES string of the molecule is Cc1cc([C@@H](C)Nc2ccccc2C(=O)O)c2nc(N3CC4CC(C3)C4(C)O)c(C#N)nc2c1. The van der Waals surface area contributed by atoms with Gasteiger partial charge in [0.05, 0.1) is 28.2 Å². The highest BCUT2D eigenvalue weighted by Crippen LogP contribution is 2.49. The van der Waals surface area contributed by atoms with Crippen LogP contribution in [-0.2, 0) is 0 Å². The van der Waals surface area contributed by atoms with Crippen molar-refractivity contribution in [2.24, 2.45) is 11.8 Å². The minimum atomic E-state index is -0.996. The van der Waals surface area contributed by atoms with Crippen molar-refractivity contribution in [2.45, 2.75) is 38.8 Å². The average molecular weight is 458 g/mol. The molecule has 0 spiro atoms. The number of rotatable bonds is 5. The molecule has 174 valence electrons. The lowest BCUT2D eigenvalue weighted by Gasteiger charge is -2.58. The fourth-order valence-electron chi connectivity index (χ4n) is 5.35. The van der Waals surface area contributed by atoms with Crippen molar-refractivity contribution < 1.29 is 15.0 Å². The van der Waals surface area contributed by atoms with E-state index in [2.05, 4.69) is 21.3 Å². The van der Waals surface area contributed by atoms with E-state index in [-0.39, 0.29) is 29.1 Å². The lowest BCUT2D eigenvalue weighted by Crippen LogP contribution is -2.65. The number of piperidine rings is 2. The third kappa shape index (κ3) is 3.53. The predicted molar refractivity (Wildman–Crippen MR) is 129 cm³/mol. The third-order valence-corrected chi connectivity index (χ3v) is 7.43. The van der Waals surface area contributed by atoms with Gasteiger partial charge in [-0.2, -0.15) is 5.26 Å². The number of para-hydroxylation sites is 1. The van der Waals surface area contributed by atoms with Crippen molar-refractivity contribution in [1.82, 2.24) is 9.97 Å². The highest BCUT2D eigenvalue weighted by molar-refractivity contribution is 5.94. The number of carboxylic acid groups (broad SMARTS) is 1. The molecule has 0 amide bonds. The number of aromatic nitrogens is 2. The molecular weight excluding hydrogens is 430 g/mol. The van der Waals surface area contributed by atoms with E-state index in [1.54, 1.807) is 24.3 Å². The average Bonchev–Trinajstić information content (AvgIpc) is 2.82. The number of nitriles is 1. The number of aromatic carboxylic acids is 1. The zero-order valence-corrected chi connectivity index (χ0v) is 19.4. The van der Waals surface area contributed by atoms with E-state index in [1.807, 2.05) is 32.9 Å². The zero-order chi connectivity index (χ0) is 24.2. The molecule has 2 bridgehead atoms. The maximum atomic E-state index is 11.7. The summed E-state index contributed by atoms with van der Waals surface area (Å²) < 4.78 is 0. The normalized spacial score (nSPS) is 24.3. The molecule has 2 saturated heterocycles. The summed E-state index contributed by atoms with van der Waals surface area (Å²) >= 11 is 0. The fourth-order valence-corrected chi connectivity index (χ4v) is 5.35. The van der Waals surface area contributed by atoms with Crippen LogP contribution in [0.1, 0.15) is 53.5 Å². The molecule has 8 heteroatoms. The summed E-state index contributed by atoms with van der Waals surface area (Å²) in [6.07, 6.45) is 0.987. The number of benzene rings is 2. The number of aliphatic hydroxyl groups is 1. The lowest BCUT2D eigenvalue weighted by molar-refractivity contribution is -0.145. The molecule has 2 unspecified atom stereocenters. The topological polar surface area (TPSA) is 122 Å². The molecule has 3 aromatic rings. The minimum Gasteiger partial charge on any atom is -0.478 e. The van der Waals surface area contributed by atoms with Gasteiger partial charge in [-0.15, -0.1) is 0 Å². The molecular formula is C26H27N5O3. The number of hydrogen-bond acceptors (Lipinski definition) is 7. The van der Waals surface area contributed by atoms with Crippen LogP contribution in [0.25, 0.3) is 11.0 Å². The van der Waals surface area contributed by atoms with Gasteiger partial charge in [0.15, 0.2) is 11.5 Å². The third-order valence-electron chi connectivity index (χ3n) is 7.43. The molecule has 3 fully saturated rings. The second kappa shape index (κ2) is 7.96. The summed E-state index contributed by atoms with van der Waals surface area (Å²) in [5.74, 6) is -0.144. The number of anilines is 2. The summed E-state index contributed by atoms with van der Waals surface area (Å²) in [6.45, 7) is 7.09. The molecule has 8 nitrogen and oxygen atoms in total. The largest absolute Gasteiger partial charge is 0.478 e. The summed E-state index contributed by atoms with van der Waals surface area (Å²) in [5, 5.41) is 33.3. The fraction of sp³-hybridized carbons (Fsp3) is 0.385. The smallest absolute Gasteiger partial charge is 0.337 e. The van der Waals surface area contributed by atoms with Gasteiger partial charge in [-0.1, -0.05) is 18.2 Å². The van der Waals surface area contributed by atoms with Crippen LogP contribution in [0.4, 0.5) is 11.5 Å². The number of carboxylic acids is 1. The van der Waals surface area contributed by atoms with Crippen molar-refractivity contribution >= 4 is 28.5 Å². The summed E-state index contributed by atoms with van der Waals surface area (Å²) in [6, 6.07) is 12.7. The van der Waals surface area contributed by atoms with E-state index in [9.17, 15) is 20.3 Å². The first-order valence-electron chi connectivity index (χ1n) is 11.5. The van der Waals surface area contributed by atoms with Crippen LogP contribution in [0, 0.1) is 30.1 Å². The van der Waals surface area contributed by atoms with E-state index in [0.29, 0.717) is 35.6 Å². The Kier molecular flexibility index (Phi) is 5.18. The van der Waals surface area contributed by atoms with Crippen molar-refractivity contribution in [3.8, 4) is 6.07 Å². The Morgan fingerprint density at radius 3 is 2.62 bits per heavy atom. The van der Waals surface area contributed by atoms with Gasteiger partial charge in [0, 0.05) is 36.2 Å². The molecule has 1 aromatic heterocycles. The van der Waals surface area contributed by atoms with Crippen LogP contribution in [0.3, 0.4) is 0 Å². The molecule has 3 atom stereocenters. The maximum Gasteiger partial charge on any atom is 0.337 e. The molecule has 3 heterocycles. The molecule has 3 N–H and O–H groups in total. The van der Waals surface area contributed by atoms with Crippen LogP contribution in [0.2, 0.25) is 0 Å². The van der Waals surface area contributed by atoms with Crippen LogP contribution in [-0.4, -0.2) is 44.8 Å². The van der Waals surface area contributed by atoms with E-state index in [4.69, 9.17) is 4.98 Å². The van der Waals surface area contributed by atoms with Gasteiger partial charge in [0.2, 0.25) is 0 Å². The first-order chi connectivity index (χ1) is 16.2. The minimum absolute atomic E-state index is 0.154. The number of hydrogen-bond donors (Lipinski definition) is 3. The number of fused-ring (bicyclic) bond motifs is 3. The number of nitrogens with one attached hydrogen (secondary N) is 1. The maximum absolute atomic E-state index is 11.7. The summed E-state index contributed by atoms with van der Waals surface area (Å²) in [5.41, 5.74) is 3.50. The van der Waals surface area contributed by atoms with Gasteiger partial charge in [-0.3, -0.25) is 0 Å².